The molecule has 1 aromatic carbocycles. The minimum absolute atomic E-state index is 0.440. The molecule has 0 unspecified atom stereocenters. The quantitative estimate of drug-likeness (QED) is 0.905. The molecule has 20 heavy (non-hydrogen) atoms. The highest BCUT2D eigenvalue weighted by Gasteiger charge is 2.13. The van der Waals surface area contributed by atoms with Crippen molar-refractivity contribution in [2.24, 2.45) is 5.73 Å². The van der Waals surface area contributed by atoms with E-state index in [9.17, 15) is 4.79 Å². The molecule has 2 N–H and O–H groups in total. The Kier molecular flexibility index (Phi) is 3.28. The van der Waals surface area contributed by atoms with E-state index in [4.69, 9.17) is 5.73 Å². The second kappa shape index (κ2) is 5.09. The number of nitrogens with two attached hydrogens (primary N) is 1. The molecule has 1 aliphatic rings. The molecule has 5 heteroatoms. The van der Waals surface area contributed by atoms with E-state index in [-0.39, 0.29) is 0 Å². The van der Waals surface area contributed by atoms with Crippen LogP contribution in [0, 0.1) is 0 Å². The number of primary amides is 1. The van der Waals surface area contributed by atoms with E-state index in [0.29, 0.717) is 12.1 Å². The topological polar surface area (TPSA) is 64.2 Å². The van der Waals surface area contributed by atoms with Crippen LogP contribution in [-0.2, 0) is 19.5 Å². The van der Waals surface area contributed by atoms with Crippen molar-refractivity contribution < 1.29 is 4.79 Å². The van der Waals surface area contributed by atoms with E-state index in [2.05, 4.69) is 35.2 Å². The first kappa shape index (κ1) is 12.9. The summed E-state index contributed by atoms with van der Waals surface area (Å²) in [5.74, 6) is -0.440. The van der Waals surface area contributed by atoms with Gasteiger partial charge in [-0.25, -0.2) is 0 Å². The van der Waals surface area contributed by atoms with E-state index in [0.717, 1.165) is 19.5 Å². The van der Waals surface area contributed by atoms with E-state index < -0.39 is 5.91 Å². The smallest absolute Gasteiger partial charge is 0.251 e. The van der Waals surface area contributed by atoms with E-state index in [1.54, 1.807) is 10.9 Å². The lowest BCUT2D eigenvalue weighted by Crippen LogP contribution is -2.26. The molecular weight excluding hydrogens is 252 g/mol. The van der Waals surface area contributed by atoms with Gasteiger partial charge in [0.2, 0.25) is 0 Å². The Morgan fingerprint density at radius 1 is 1.40 bits per heavy atom. The highest BCUT2D eigenvalue weighted by Crippen LogP contribution is 2.19. The molecule has 104 valence electrons. The number of carbonyl (C=O) groups is 1. The van der Waals surface area contributed by atoms with Gasteiger partial charge >= 0.3 is 0 Å². The molecule has 0 fully saturated rings. The number of hydrogen-bond donors (Lipinski definition) is 1. The van der Waals surface area contributed by atoms with Crippen LogP contribution in [0.4, 0.5) is 0 Å². The van der Waals surface area contributed by atoms with E-state index in [1.165, 1.54) is 22.9 Å². The standard InChI is InChI=1S/C15H18N4O/c1-18-5-4-12-6-11(2-3-13(12)9-18)8-19-10-14(7-17-19)15(16)20/h2-3,6-7,10H,4-5,8-9H2,1H3,(H2,16,20). The van der Waals surface area contributed by atoms with Gasteiger partial charge in [-0.1, -0.05) is 18.2 Å². The maximum absolute atomic E-state index is 11.1. The number of carbonyl (C=O) groups excluding carboxylic acids is 1. The average Bonchev–Trinajstić information content (AvgIpc) is 2.88. The van der Waals surface area contributed by atoms with Crippen molar-refractivity contribution in [1.29, 1.82) is 0 Å². The van der Waals surface area contributed by atoms with Gasteiger partial charge < -0.3 is 10.6 Å². The van der Waals surface area contributed by atoms with Gasteiger partial charge in [0.1, 0.15) is 0 Å². The molecule has 0 saturated carbocycles. The molecule has 0 atom stereocenters. The van der Waals surface area contributed by atoms with Crippen LogP contribution in [0.3, 0.4) is 0 Å². The Morgan fingerprint density at radius 2 is 2.25 bits per heavy atom. The summed E-state index contributed by atoms with van der Waals surface area (Å²) in [5.41, 5.74) is 9.70. The zero-order valence-electron chi connectivity index (χ0n) is 11.5. The molecule has 1 aromatic heterocycles. The maximum Gasteiger partial charge on any atom is 0.251 e. The average molecular weight is 270 g/mol. The predicted molar refractivity (Wildman–Crippen MR) is 76.3 cm³/mol. The zero-order valence-corrected chi connectivity index (χ0v) is 11.5. The summed E-state index contributed by atoms with van der Waals surface area (Å²) in [4.78, 5) is 13.4. The van der Waals surface area contributed by atoms with Gasteiger partial charge in [0.05, 0.1) is 18.3 Å². The summed E-state index contributed by atoms with van der Waals surface area (Å²) < 4.78 is 1.75. The molecular formula is C15H18N4O. The first-order valence-electron chi connectivity index (χ1n) is 6.73. The Hall–Kier alpha value is -2.14. The zero-order chi connectivity index (χ0) is 14.1. The molecule has 1 aliphatic heterocycles. The van der Waals surface area contributed by atoms with Crippen molar-refractivity contribution in [1.82, 2.24) is 14.7 Å². The van der Waals surface area contributed by atoms with E-state index >= 15 is 0 Å². The lowest BCUT2D eigenvalue weighted by Gasteiger charge is -2.25. The number of rotatable bonds is 3. The fourth-order valence-electron chi connectivity index (χ4n) is 2.61. The van der Waals surface area contributed by atoms with Gasteiger partial charge in [0.25, 0.3) is 5.91 Å². The van der Waals surface area contributed by atoms with Crippen LogP contribution in [0.2, 0.25) is 0 Å². The molecule has 1 amide bonds. The molecule has 2 heterocycles. The van der Waals surface area contributed by atoms with Crippen LogP contribution in [0.25, 0.3) is 0 Å². The SMILES string of the molecule is CN1CCc2cc(Cn3cc(C(N)=O)cn3)ccc2C1. The van der Waals surface area contributed by atoms with Crippen LogP contribution in [0.1, 0.15) is 27.0 Å². The van der Waals surface area contributed by atoms with Gasteiger partial charge in [0.15, 0.2) is 0 Å². The molecule has 2 aromatic rings. The summed E-state index contributed by atoms with van der Waals surface area (Å²) in [6.45, 7) is 2.78. The van der Waals surface area contributed by atoms with Crippen molar-refractivity contribution in [3.63, 3.8) is 0 Å². The van der Waals surface area contributed by atoms with Gasteiger partial charge in [-0.15, -0.1) is 0 Å². The van der Waals surface area contributed by atoms with Gasteiger partial charge in [0, 0.05) is 19.3 Å². The first-order chi connectivity index (χ1) is 9.61. The summed E-state index contributed by atoms with van der Waals surface area (Å²) in [7, 11) is 2.14. The van der Waals surface area contributed by atoms with Crippen molar-refractivity contribution in [2.45, 2.75) is 19.5 Å². The van der Waals surface area contributed by atoms with Crippen LogP contribution < -0.4 is 5.73 Å². The second-order valence-corrected chi connectivity index (χ2v) is 5.38. The molecule has 0 spiro atoms. The number of likely N-dealkylation sites (N-methyl/N-ethyl adjacent to an activating group) is 1. The number of aromatic nitrogens is 2. The fourth-order valence-corrected chi connectivity index (χ4v) is 2.61. The Morgan fingerprint density at radius 3 is 3.00 bits per heavy atom. The number of hydrogen-bond acceptors (Lipinski definition) is 3. The number of amides is 1. The van der Waals surface area contributed by atoms with Crippen LogP contribution >= 0.6 is 0 Å². The van der Waals surface area contributed by atoms with Crippen LogP contribution in [-0.4, -0.2) is 34.2 Å². The largest absolute Gasteiger partial charge is 0.366 e. The normalized spacial score (nSPS) is 15.1. The molecule has 0 aliphatic carbocycles. The Balaban J connectivity index is 1.79. The molecule has 3 rings (SSSR count). The number of benzene rings is 1. The third-order valence-electron chi connectivity index (χ3n) is 3.74. The first-order valence-corrected chi connectivity index (χ1v) is 6.73. The summed E-state index contributed by atoms with van der Waals surface area (Å²) in [6.07, 6.45) is 4.29. The summed E-state index contributed by atoms with van der Waals surface area (Å²) in [6, 6.07) is 6.57. The molecule has 0 radical (unpaired) electrons. The summed E-state index contributed by atoms with van der Waals surface area (Å²) >= 11 is 0. The Bertz CT molecular complexity index is 647. The lowest BCUT2D eigenvalue weighted by molar-refractivity contribution is 0.1000. The van der Waals surface area contributed by atoms with Gasteiger partial charge in [-0.05, 0) is 30.2 Å². The fraction of sp³-hybridized carbons (Fsp3) is 0.333. The van der Waals surface area contributed by atoms with Crippen LogP contribution in [0.5, 0.6) is 0 Å². The Labute approximate surface area is 118 Å². The van der Waals surface area contributed by atoms with E-state index in [1.807, 2.05) is 0 Å². The lowest BCUT2D eigenvalue weighted by atomic mass is 9.97. The van der Waals surface area contributed by atoms with Crippen molar-refractivity contribution in [3.8, 4) is 0 Å². The number of nitrogens with zero attached hydrogens (tertiary/aromatic N) is 3. The monoisotopic (exact) mass is 270 g/mol. The minimum atomic E-state index is -0.440. The third kappa shape index (κ3) is 2.58. The number of fused-ring (bicyclic) bond motifs is 1. The van der Waals surface area contributed by atoms with Crippen LogP contribution in [0.15, 0.2) is 30.6 Å². The van der Waals surface area contributed by atoms with Gasteiger partial charge in [-0.3, -0.25) is 9.48 Å². The third-order valence-corrected chi connectivity index (χ3v) is 3.74. The molecule has 0 bridgehead atoms. The van der Waals surface area contributed by atoms with Gasteiger partial charge in [-0.2, -0.15) is 5.10 Å². The van der Waals surface area contributed by atoms with Crippen molar-refractivity contribution >= 4 is 5.91 Å². The summed E-state index contributed by atoms with van der Waals surface area (Å²) in [5, 5.41) is 4.16. The minimum Gasteiger partial charge on any atom is -0.366 e. The predicted octanol–water partition coefficient (Wildman–Crippen LogP) is 1.02. The molecule has 5 nitrogen and oxygen atoms in total. The highest BCUT2D eigenvalue weighted by atomic mass is 16.1. The highest BCUT2D eigenvalue weighted by molar-refractivity contribution is 5.92. The van der Waals surface area contributed by atoms with Crippen molar-refractivity contribution in [2.75, 3.05) is 13.6 Å². The molecule has 0 saturated heterocycles. The van der Waals surface area contributed by atoms with Crippen molar-refractivity contribution in [3.05, 3.63) is 52.8 Å². The maximum atomic E-state index is 11.1. The second-order valence-electron chi connectivity index (χ2n) is 5.38.